The van der Waals surface area contributed by atoms with Gasteiger partial charge in [0.2, 0.25) is 0 Å². The summed E-state index contributed by atoms with van der Waals surface area (Å²) in [5, 5.41) is 2.29. The number of pyridine rings is 1. The standard InChI is InChI=1S/C60H52N4O.Pt/c1-58(2,3)52-38-50(39-54-57(52)51-31-17-18-32-53(51)64(54)56-36-46(33-34-61-56)60(6,7)44-25-15-10-16-26-44)65-49-30-20-28-47(37-49)62-40-55(42-21-11-8-12-22-42)63(41-62)48-29-19-27-45(35-48)59(4,5)43-23-13-9-14-24-43;/h8-36,38,40H,1-7H3;/q-2;. The SMILES string of the molecule is CC(C)(C)c1cc(Oc2[c-]c(-n3[c-][n+](-c4cccc(C(C)(C)c5ccccc5)c4)c(-c4ccccc4)c3)ccc2)[c-]c2c1c1ccccc1n2-c1cc(C(C)(C)c2ccccc2)ccn1.[Pt]. The first-order valence-electron chi connectivity index (χ1n) is 22.4. The van der Waals surface area contributed by atoms with Gasteiger partial charge in [0.1, 0.15) is 5.82 Å². The first-order valence-corrected chi connectivity index (χ1v) is 22.4. The van der Waals surface area contributed by atoms with E-state index in [-0.39, 0.29) is 37.3 Å². The number of fused-ring (bicyclic) bond motifs is 3. The molecule has 0 aliphatic rings. The molecule has 0 bridgehead atoms. The van der Waals surface area contributed by atoms with Crippen LogP contribution in [-0.4, -0.2) is 14.1 Å². The van der Waals surface area contributed by atoms with Crippen LogP contribution in [0.3, 0.4) is 0 Å². The predicted molar refractivity (Wildman–Crippen MR) is 264 cm³/mol. The summed E-state index contributed by atoms with van der Waals surface area (Å²) < 4.78 is 13.2. The van der Waals surface area contributed by atoms with Crippen LogP contribution in [0, 0.1) is 18.5 Å². The van der Waals surface area contributed by atoms with Crippen LogP contribution in [0.25, 0.3) is 50.3 Å². The van der Waals surface area contributed by atoms with E-state index in [4.69, 9.17) is 9.72 Å². The van der Waals surface area contributed by atoms with Crippen LogP contribution in [0.1, 0.15) is 76.3 Å². The zero-order chi connectivity index (χ0) is 44.9. The van der Waals surface area contributed by atoms with Crippen molar-refractivity contribution in [2.75, 3.05) is 0 Å². The molecule has 330 valence electrons. The van der Waals surface area contributed by atoms with Crippen LogP contribution in [0.5, 0.6) is 11.5 Å². The fourth-order valence-electron chi connectivity index (χ4n) is 9.14. The number of hydrogen-bond acceptors (Lipinski definition) is 2. The summed E-state index contributed by atoms with van der Waals surface area (Å²) in [6.45, 7) is 15.9. The Morgan fingerprint density at radius 3 is 1.85 bits per heavy atom. The summed E-state index contributed by atoms with van der Waals surface area (Å²) in [6, 6.07) is 69.0. The third kappa shape index (κ3) is 8.22. The number of nitrogens with zero attached hydrogens (tertiary/aromatic N) is 4. The maximum atomic E-state index is 6.83. The van der Waals surface area contributed by atoms with Crippen LogP contribution >= 0.6 is 0 Å². The van der Waals surface area contributed by atoms with Crippen LogP contribution < -0.4 is 9.30 Å². The van der Waals surface area contributed by atoms with Gasteiger partial charge in [-0.1, -0.05) is 181 Å². The molecule has 0 fully saturated rings. The number of aromatic nitrogens is 4. The first kappa shape index (κ1) is 44.4. The molecule has 5 nitrogen and oxygen atoms in total. The molecule has 0 aliphatic carbocycles. The smallest absolute Gasteiger partial charge is 0.267 e. The molecule has 6 heteroatoms. The van der Waals surface area contributed by atoms with E-state index in [1.807, 2.05) is 35.0 Å². The molecular weight excluding hydrogens is 988 g/mol. The van der Waals surface area contributed by atoms with Crippen molar-refractivity contribution < 1.29 is 30.4 Å². The van der Waals surface area contributed by atoms with E-state index in [1.165, 1.54) is 22.3 Å². The Bertz CT molecular complexity index is 3320. The van der Waals surface area contributed by atoms with Gasteiger partial charge in [0.25, 0.3) is 6.33 Å². The molecule has 0 saturated carbocycles. The molecule has 0 spiro atoms. The maximum absolute atomic E-state index is 6.83. The summed E-state index contributed by atoms with van der Waals surface area (Å²) in [7, 11) is 0. The molecule has 3 heterocycles. The summed E-state index contributed by atoms with van der Waals surface area (Å²) >= 11 is 0. The Morgan fingerprint density at radius 2 is 1.17 bits per heavy atom. The topological polar surface area (TPSA) is 35.9 Å². The van der Waals surface area contributed by atoms with Gasteiger partial charge < -0.3 is 13.9 Å². The minimum absolute atomic E-state index is 0. The zero-order valence-electron chi connectivity index (χ0n) is 38.4. The van der Waals surface area contributed by atoms with Gasteiger partial charge in [0.05, 0.1) is 11.4 Å². The number of ether oxygens (including phenoxy) is 1. The molecule has 10 aromatic rings. The third-order valence-electron chi connectivity index (χ3n) is 13.0. The van der Waals surface area contributed by atoms with Crippen molar-refractivity contribution in [2.45, 2.75) is 64.7 Å². The number of hydrogen-bond donors (Lipinski definition) is 0. The number of benzene rings is 7. The van der Waals surface area contributed by atoms with Gasteiger partial charge >= 0.3 is 0 Å². The summed E-state index contributed by atoms with van der Waals surface area (Å²) in [5.74, 6) is 2.02. The summed E-state index contributed by atoms with van der Waals surface area (Å²) in [4.78, 5) is 5.01. The molecule has 0 unspecified atom stereocenters. The fraction of sp³-hybridized carbons (Fsp3) is 0.167. The van der Waals surface area contributed by atoms with Crippen molar-refractivity contribution in [1.82, 2.24) is 14.1 Å². The van der Waals surface area contributed by atoms with E-state index in [1.54, 1.807) is 0 Å². The molecule has 0 radical (unpaired) electrons. The van der Waals surface area contributed by atoms with Gasteiger partial charge in [-0.15, -0.1) is 29.8 Å². The quantitative estimate of drug-likeness (QED) is 0.101. The second-order valence-corrected chi connectivity index (χ2v) is 19.0. The van der Waals surface area contributed by atoms with Gasteiger partial charge in [-0.25, -0.2) is 4.98 Å². The zero-order valence-corrected chi connectivity index (χ0v) is 40.7. The van der Waals surface area contributed by atoms with E-state index < -0.39 is 0 Å². The summed E-state index contributed by atoms with van der Waals surface area (Å²) in [6.07, 6.45) is 7.71. The van der Waals surface area contributed by atoms with Crippen molar-refractivity contribution in [3.63, 3.8) is 0 Å². The second kappa shape index (κ2) is 17.5. The third-order valence-corrected chi connectivity index (χ3v) is 13.0. The normalized spacial score (nSPS) is 12.0. The molecular formula is C60H52N4OPt-2. The molecule has 0 atom stereocenters. The Kier molecular flexibility index (Phi) is 11.8. The monoisotopic (exact) mass is 1040 g/mol. The molecule has 66 heavy (non-hydrogen) atoms. The maximum Gasteiger partial charge on any atom is 0.267 e. The van der Waals surface area contributed by atoms with E-state index in [2.05, 4.69) is 234 Å². The molecule has 3 aromatic heterocycles. The first-order chi connectivity index (χ1) is 31.4. The minimum atomic E-state index is -0.241. The average Bonchev–Trinajstić information content (AvgIpc) is 3.93. The number of imidazole rings is 1. The number of para-hydroxylation sites is 1. The van der Waals surface area contributed by atoms with Gasteiger partial charge in [0, 0.05) is 61.3 Å². The van der Waals surface area contributed by atoms with Crippen LogP contribution in [-0.2, 0) is 37.3 Å². The van der Waals surface area contributed by atoms with Crippen LogP contribution in [0.15, 0.2) is 188 Å². The predicted octanol–water partition coefficient (Wildman–Crippen LogP) is 14.1. The molecule has 0 N–H and O–H groups in total. The molecule has 0 amide bonds. The minimum Gasteiger partial charge on any atom is -0.510 e. The molecule has 0 aliphatic heterocycles. The van der Waals surface area contributed by atoms with Crippen molar-refractivity contribution >= 4 is 21.8 Å². The average molecular weight is 1040 g/mol. The Hall–Kier alpha value is -6.81. The van der Waals surface area contributed by atoms with Crippen LogP contribution in [0.4, 0.5) is 0 Å². The largest absolute Gasteiger partial charge is 0.510 e. The van der Waals surface area contributed by atoms with Gasteiger partial charge in [0.15, 0.2) is 0 Å². The Balaban J connectivity index is 0.00000548. The summed E-state index contributed by atoms with van der Waals surface area (Å²) in [5.41, 5.74) is 11.3. The van der Waals surface area contributed by atoms with Gasteiger partial charge in [-0.05, 0) is 74.6 Å². The second-order valence-electron chi connectivity index (χ2n) is 19.0. The molecule has 7 aromatic carbocycles. The van der Waals surface area contributed by atoms with Gasteiger partial charge in [-0.3, -0.25) is 4.57 Å². The van der Waals surface area contributed by atoms with Crippen LogP contribution in [0.2, 0.25) is 0 Å². The van der Waals surface area contributed by atoms with Crippen molar-refractivity contribution in [1.29, 1.82) is 0 Å². The number of rotatable bonds is 10. The van der Waals surface area contributed by atoms with Gasteiger partial charge in [-0.2, -0.15) is 12.1 Å². The van der Waals surface area contributed by atoms with E-state index >= 15 is 0 Å². The van der Waals surface area contributed by atoms with Crippen molar-refractivity contribution in [2.24, 2.45) is 0 Å². The molecule has 10 rings (SSSR count). The Morgan fingerprint density at radius 1 is 0.561 bits per heavy atom. The van der Waals surface area contributed by atoms with Crippen molar-refractivity contribution in [3.8, 4) is 39.9 Å². The fourth-order valence-corrected chi connectivity index (χ4v) is 9.14. The Labute approximate surface area is 403 Å². The van der Waals surface area contributed by atoms with E-state index in [9.17, 15) is 0 Å². The van der Waals surface area contributed by atoms with Crippen molar-refractivity contribution in [3.05, 3.63) is 235 Å². The van der Waals surface area contributed by atoms with E-state index in [0.717, 1.165) is 55.8 Å². The molecule has 0 saturated heterocycles. The van der Waals surface area contributed by atoms with E-state index in [0.29, 0.717) is 11.5 Å².